The minimum atomic E-state index is 0.639. The second-order valence-corrected chi connectivity index (χ2v) is 5.00. The molecule has 1 aromatic rings. The van der Waals surface area contributed by atoms with E-state index in [1.54, 1.807) is 0 Å². The fourth-order valence-electron chi connectivity index (χ4n) is 2.38. The van der Waals surface area contributed by atoms with E-state index in [4.69, 9.17) is 0 Å². The number of aryl methyl sites for hydroxylation is 1. The molecule has 0 saturated carbocycles. The van der Waals surface area contributed by atoms with Crippen LogP contribution >= 0.6 is 0 Å². The molecule has 90 valence electrons. The molecule has 17 heavy (non-hydrogen) atoms. The second-order valence-electron chi connectivity index (χ2n) is 5.00. The van der Waals surface area contributed by atoms with Crippen LogP contribution in [0.5, 0.6) is 0 Å². The average molecular weight is 227 g/mol. The average Bonchev–Trinajstić information content (AvgIpc) is 2.32. The zero-order valence-electron chi connectivity index (χ0n) is 11.2. The van der Waals surface area contributed by atoms with Crippen LogP contribution in [0.1, 0.15) is 25.8 Å². The molecule has 0 amide bonds. The first kappa shape index (κ1) is 12.0. The van der Waals surface area contributed by atoms with Crippen LogP contribution in [0.2, 0.25) is 0 Å². The van der Waals surface area contributed by atoms with Gasteiger partial charge in [-0.1, -0.05) is 37.3 Å². The Labute approximate surface area is 104 Å². The Balaban J connectivity index is 2.35. The van der Waals surface area contributed by atoms with Gasteiger partial charge in [-0.25, -0.2) is 0 Å². The summed E-state index contributed by atoms with van der Waals surface area (Å²) in [6, 6.07) is 8.54. The third-order valence-corrected chi connectivity index (χ3v) is 3.48. The van der Waals surface area contributed by atoms with Gasteiger partial charge in [0, 0.05) is 18.4 Å². The number of hydrogen-bond donors (Lipinski definition) is 0. The molecule has 0 saturated heterocycles. The molecule has 0 radical (unpaired) electrons. The fourth-order valence-corrected chi connectivity index (χ4v) is 2.38. The molecular formula is C16H21N. The van der Waals surface area contributed by atoms with Crippen LogP contribution in [0.3, 0.4) is 0 Å². The van der Waals surface area contributed by atoms with Crippen molar-refractivity contribution in [3.8, 4) is 0 Å². The van der Waals surface area contributed by atoms with Crippen LogP contribution < -0.4 is 4.90 Å². The highest BCUT2D eigenvalue weighted by atomic mass is 15.1. The van der Waals surface area contributed by atoms with Crippen molar-refractivity contribution in [3.63, 3.8) is 0 Å². The number of nitrogens with zero attached hydrogens (tertiary/aromatic N) is 1. The summed E-state index contributed by atoms with van der Waals surface area (Å²) in [5.74, 6) is 0.639. The van der Waals surface area contributed by atoms with Crippen LogP contribution in [0.25, 0.3) is 0 Å². The number of hydrogen-bond acceptors (Lipinski definition) is 1. The number of para-hydroxylation sites is 1. The van der Waals surface area contributed by atoms with Crippen molar-refractivity contribution in [1.82, 2.24) is 0 Å². The van der Waals surface area contributed by atoms with Gasteiger partial charge in [0.1, 0.15) is 0 Å². The molecule has 0 heterocycles. The van der Waals surface area contributed by atoms with Crippen molar-refractivity contribution >= 4 is 5.69 Å². The van der Waals surface area contributed by atoms with Gasteiger partial charge >= 0.3 is 0 Å². The Kier molecular flexibility index (Phi) is 3.37. The molecule has 1 nitrogen and oxygen atoms in total. The van der Waals surface area contributed by atoms with Crippen LogP contribution in [0, 0.1) is 12.8 Å². The maximum atomic E-state index is 2.38. The van der Waals surface area contributed by atoms with E-state index in [2.05, 4.69) is 69.1 Å². The van der Waals surface area contributed by atoms with Gasteiger partial charge in [0.25, 0.3) is 0 Å². The molecule has 1 aliphatic carbocycles. The monoisotopic (exact) mass is 227 g/mol. The number of benzene rings is 1. The lowest BCUT2D eigenvalue weighted by Gasteiger charge is -2.28. The van der Waals surface area contributed by atoms with Crippen molar-refractivity contribution in [2.24, 2.45) is 5.92 Å². The highest BCUT2D eigenvalue weighted by Gasteiger charge is 2.15. The molecule has 0 aromatic heterocycles. The molecule has 1 unspecified atom stereocenters. The smallest absolute Gasteiger partial charge is 0.0437 e. The van der Waals surface area contributed by atoms with E-state index in [0.717, 1.165) is 6.42 Å². The van der Waals surface area contributed by atoms with Gasteiger partial charge in [0.2, 0.25) is 0 Å². The standard InChI is InChI=1S/C16H21N/c1-12-9-10-14(3)16(11-12)17(4)15-8-6-5-7-13(15)2/h5-8,10-12H,9H2,1-4H3. The summed E-state index contributed by atoms with van der Waals surface area (Å²) in [6.07, 6.45) is 5.88. The van der Waals surface area contributed by atoms with Gasteiger partial charge in [-0.05, 0) is 43.4 Å². The molecular weight excluding hydrogens is 206 g/mol. The summed E-state index contributed by atoms with van der Waals surface area (Å²) >= 11 is 0. The molecule has 2 rings (SSSR count). The Morgan fingerprint density at radius 2 is 1.88 bits per heavy atom. The van der Waals surface area contributed by atoms with Gasteiger partial charge in [-0.15, -0.1) is 0 Å². The van der Waals surface area contributed by atoms with E-state index in [0.29, 0.717) is 5.92 Å². The predicted molar refractivity (Wildman–Crippen MR) is 75.2 cm³/mol. The van der Waals surface area contributed by atoms with Crippen molar-refractivity contribution < 1.29 is 0 Å². The molecule has 0 bridgehead atoms. The highest BCUT2D eigenvalue weighted by Crippen LogP contribution is 2.29. The first-order valence-electron chi connectivity index (χ1n) is 6.28. The topological polar surface area (TPSA) is 3.24 Å². The first-order chi connectivity index (χ1) is 8.09. The van der Waals surface area contributed by atoms with E-state index >= 15 is 0 Å². The molecule has 0 N–H and O–H groups in total. The van der Waals surface area contributed by atoms with E-state index < -0.39 is 0 Å². The van der Waals surface area contributed by atoms with Crippen molar-refractivity contribution in [1.29, 1.82) is 0 Å². The molecule has 1 aliphatic rings. The lowest BCUT2D eigenvalue weighted by molar-refractivity contribution is 0.716. The van der Waals surface area contributed by atoms with E-state index in [1.807, 2.05) is 0 Å². The van der Waals surface area contributed by atoms with Crippen LogP contribution in [0.4, 0.5) is 5.69 Å². The number of anilines is 1. The summed E-state index contributed by atoms with van der Waals surface area (Å²) in [4.78, 5) is 2.30. The quantitative estimate of drug-likeness (QED) is 0.728. The van der Waals surface area contributed by atoms with Crippen molar-refractivity contribution in [2.45, 2.75) is 27.2 Å². The zero-order chi connectivity index (χ0) is 12.4. The second kappa shape index (κ2) is 4.79. The first-order valence-corrected chi connectivity index (χ1v) is 6.28. The van der Waals surface area contributed by atoms with Gasteiger partial charge in [0.05, 0.1) is 0 Å². The SMILES string of the molecule is CC1=CCC(C)C=C1N(C)c1ccccc1C. The third-order valence-electron chi connectivity index (χ3n) is 3.48. The molecule has 0 spiro atoms. The molecule has 0 aliphatic heterocycles. The molecule has 1 aromatic carbocycles. The third kappa shape index (κ3) is 2.44. The number of likely N-dealkylation sites (N-methyl/N-ethyl adjacent to an activating group) is 1. The highest BCUT2D eigenvalue weighted by molar-refractivity contribution is 5.60. The van der Waals surface area contributed by atoms with Crippen LogP contribution in [0.15, 0.2) is 47.7 Å². The zero-order valence-corrected chi connectivity index (χ0v) is 11.2. The maximum absolute atomic E-state index is 2.38. The maximum Gasteiger partial charge on any atom is 0.0437 e. The summed E-state index contributed by atoms with van der Waals surface area (Å²) in [7, 11) is 2.16. The molecule has 1 atom stereocenters. The molecule has 0 fully saturated rings. The Morgan fingerprint density at radius 3 is 2.59 bits per heavy atom. The lowest BCUT2D eigenvalue weighted by atomic mass is 9.95. The van der Waals surface area contributed by atoms with E-state index in [-0.39, 0.29) is 0 Å². The summed E-state index contributed by atoms with van der Waals surface area (Å²) in [5, 5.41) is 0. The fraction of sp³-hybridized carbons (Fsp3) is 0.375. The largest absolute Gasteiger partial charge is 0.344 e. The van der Waals surface area contributed by atoms with E-state index in [1.165, 1.54) is 22.5 Å². The summed E-state index contributed by atoms with van der Waals surface area (Å²) in [6.45, 7) is 6.64. The lowest BCUT2D eigenvalue weighted by Crippen LogP contribution is -2.20. The van der Waals surface area contributed by atoms with Gasteiger partial charge in [-0.2, -0.15) is 0 Å². The predicted octanol–water partition coefficient (Wildman–Crippen LogP) is 4.30. The van der Waals surface area contributed by atoms with Gasteiger partial charge in [0.15, 0.2) is 0 Å². The minimum Gasteiger partial charge on any atom is -0.344 e. The Hall–Kier alpha value is -1.50. The number of rotatable bonds is 2. The van der Waals surface area contributed by atoms with Crippen molar-refractivity contribution in [2.75, 3.05) is 11.9 Å². The minimum absolute atomic E-state index is 0.639. The van der Waals surface area contributed by atoms with Crippen molar-refractivity contribution in [3.05, 3.63) is 53.3 Å². The normalized spacial score (nSPS) is 19.6. The van der Waals surface area contributed by atoms with Gasteiger partial charge in [-0.3, -0.25) is 0 Å². The summed E-state index contributed by atoms with van der Waals surface area (Å²) in [5.41, 5.74) is 5.34. The van der Waals surface area contributed by atoms with E-state index in [9.17, 15) is 0 Å². The van der Waals surface area contributed by atoms with Crippen LogP contribution in [-0.4, -0.2) is 7.05 Å². The summed E-state index contributed by atoms with van der Waals surface area (Å²) < 4.78 is 0. The number of allylic oxidation sites excluding steroid dienone is 3. The Bertz CT molecular complexity index is 468. The van der Waals surface area contributed by atoms with Gasteiger partial charge < -0.3 is 4.90 Å². The van der Waals surface area contributed by atoms with Crippen LogP contribution in [-0.2, 0) is 0 Å². The Morgan fingerprint density at radius 1 is 1.18 bits per heavy atom. The molecule has 1 heteroatoms.